The minimum atomic E-state index is -3.58. The van der Waals surface area contributed by atoms with Crippen molar-refractivity contribution < 1.29 is 17.9 Å². The maximum absolute atomic E-state index is 10.7. The molecule has 0 aromatic rings. The van der Waals surface area contributed by atoms with Crippen LogP contribution in [0.2, 0.25) is 0 Å². The van der Waals surface area contributed by atoms with Crippen LogP contribution >= 0.6 is 10.7 Å². The number of ether oxygens (including phenoxy) is 2. The van der Waals surface area contributed by atoms with Gasteiger partial charge in [0.2, 0.25) is 0 Å². The molecule has 0 aliphatic carbocycles. The summed E-state index contributed by atoms with van der Waals surface area (Å²) < 4.78 is 31.1. The van der Waals surface area contributed by atoms with E-state index in [1.807, 2.05) is 0 Å². The van der Waals surface area contributed by atoms with Crippen LogP contribution in [0.1, 0.15) is 12.8 Å². The monoisotopic (exact) mass is 200 g/mol. The van der Waals surface area contributed by atoms with E-state index in [-0.39, 0.29) is 6.79 Å². The predicted octanol–water partition coefficient (Wildman–Crippen LogP) is 0.666. The number of hydrogen-bond acceptors (Lipinski definition) is 4. The largest absolute Gasteiger partial charge is 0.355 e. The molecule has 66 valence electrons. The first-order valence-electron chi connectivity index (χ1n) is 3.23. The van der Waals surface area contributed by atoms with Crippen LogP contribution in [-0.4, -0.2) is 27.3 Å². The molecule has 11 heavy (non-hydrogen) atoms. The van der Waals surface area contributed by atoms with Crippen LogP contribution in [0.4, 0.5) is 0 Å². The molecule has 1 unspecified atom stereocenters. The number of rotatable bonds is 1. The van der Waals surface area contributed by atoms with Crippen LogP contribution in [-0.2, 0) is 18.5 Å². The Morgan fingerprint density at radius 3 is 2.82 bits per heavy atom. The highest BCUT2D eigenvalue weighted by atomic mass is 35.7. The Morgan fingerprint density at radius 1 is 1.45 bits per heavy atom. The zero-order valence-corrected chi connectivity index (χ0v) is 7.40. The molecule has 1 heterocycles. The van der Waals surface area contributed by atoms with Crippen LogP contribution in [0.25, 0.3) is 0 Å². The number of hydrogen-bond donors (Lipinski definition) is 0. The molecule has 0 amide bonds. The van der Waals surface area contributed by atoms with E-state index in [2.05, 4.69) is 0 Å². The van der Waals surface area contributed by atoms with Crippen LogP contribution in [0.3, 0.4) is 0 Å². The van der Waals surface area contributed by atoms with Crippen molar-refractivity contribution >= 4 is 19.7 Å². The molecule has 0 bridgehead atoms. The zero-order valence-electron chi connectivity index (χ0n) is 5.82. The predicted molar refractivity (Wildman–Crippen MR) is 39.7 cm³/mol. The molecule has 1 aliphatic rings. The van der Waals surface area contributed by atoms with Gasteiger partial charge in [-0.2, -0.15) is 0 Å². The minimum Gasteiger partial charge on any atom is -0.355 e. The molecule has 1 atom stereocenters. The lowest BCUT2D eigenvalue weighted by Crippen LogP contribution is -2.19. The van der Waals surface area contributed by atoms with Crippen molar-refractivity contribution in [2.75, 3.05) is 13.4 Å². The summed E-state index contributed by atoms with van der Waals surface area (Å²) in [5.74, 6) is 0. The van der Waals surface area contributed by atoms with Gasteiger partial charge in [-0.05, 0) is 12.8 Å². The van der Waals surface area contributed by atoms with Gasteiger partial charge >= 0.3 is 0 Å². The normalized spacial score (nSPS) is 27.9. The summed E-state index contributed by atoms with van der Waals surface area (Å²) in [6.07, 6.45) is 1.07. The van der Waals surface area contributed by atoms with Crippen LogP contribution in [0.15, 0.2) is 0 Å². The van der Waals surface area contributed by atoms with E-state index >= 15 is 0 Å². The first kappa shape index (κ1) is 9.25. The Labute approximate surface area is 69.9 Å². The lowest BCUT2D eigenvalue weighted by molar-refractivity contribution is -0.0435. The maximum atomic E-state index is 10.7. The third-order valence-electron chi connectivity index (χ3n) is 1.38. The summed E-state index contributed by atoms with van der Waals surface area (Å²) in [6.45, 7) is 0.541. The highest BCUT2D eigenvalue weighted by molar-refractivity contribution is 8.14. The second kappa shape index (κ2) is 3.71. The van der Waals surface area contributed by atoms with Crippen molar-refractivity contribution in [2.24, 2.45) is 0 Å². The molecule has 0 radical (unpaired) electrons. The van der Waals surface area contributed by atoms with Gasteiger partial charge in [0.15, 0.2) is 5.44 Å². The SMILES string of the molecule is O=S(=O)(Cl)C1CCCOCO1. The maximum Gasteiger partial charge on any atom is 0.259 e. The molecule has 0 aromatic heterocycles. The molecular formula is C5H9ClO4S. The van der Waals surface area contributed by atoms with Gasteiger partial charge in [-0.25, -0.2) is 8.42 Å². The standard InChI is InChI=1S/C5H9ClO4S/c6-11(7,8)5-2-1-3-9-4-10-5/h5H,1-4H2. The summed E-state index contributed by atoms with van der Waals surface area (Å²) in [5.41, 5.74) is -0.897. The third-order valence-corrected chi connectivity index (χ3v) is 2.98. The minimum absolute atomic E-state index is 0.0105. The van der Waals surface area contributed by atoms with Gasteiger partial charge in [-0.3, -0.25) is 0 Å². The molecule has 1 fully saturated rings. The first-order chi connectivity index (χ1) is 5.11. The Hall–Kier alpha value is 0.160. The van der Waals surface area contributed by atoms with Gasteiger partial charge in [-0.1, -0.05) is 0 Å². The summed E-state index contributed by atoms with van der Waals surface area (Å²) in [6, 6.07) is 0. The van der Waals surface area contributed by atoms with Gasteiger partial charge in [0.1, 0.15) is 6.79 Å². The lowest BCUT2D eigenvalue weighted by Gasteiger charge is -2.08. The highest BCUT2D eigenvalue weighted by Crippen LogP contribution is 2.17. The molecule has 0 saturated carbocycles. The van der Waals surface area contributed by atoms with Gasteiger partial charge in [0.05, 0.1) is 0 Å². The van der Waals surface area contributed by atoms with Crippen molar-refractivity contribution in [1.82, 2.24) is 0 Å². The average Bonchev–Trinajstić information content (AvgIpc) is 2.10. The summed E-state index contributed by atoms with van der Waals surface area (Å²) in [5, 5.41) is 0. The van der Waals surface area contributed by atoms with Gasteiger partial charge in [0.25, 0.3) is 9.05 Å². The Balaban J connectivity index is 2.57. The van der Waals surface area contributed by atoms with E-state index in [4.69, 9.17) is 20.2 Å². The summed E-state index contributed by atoms with van der Waals surface area (Å²) >= 11 is 0. The van der Waals surface area contributed by atoms with E-state index in [0.29, 0.717) is 19.4 Å². The fourth-order valence-electron chi connectivity index (χ4n) is 0.840. The topological polar surface area (TPSA) is 52.6 Å². The molecule has 1 saturated heterocycles. The zero-order chi connectivity index (χ0) is 8.32. The summed E-state index contributed by atoms with van der Waals surface area (Å²) in [4.78, 5) is 0. The van der Waals surface area contributed by atoms with E-state index in [1.54, 1.807) is 0 Å². The second-order valence-electron chi connectivity index (χ2n) is 2.24. The average molecular weight is 201 g/mol. The quantitative estimate of drug-likeness (QED) is 0.584. The molecule has 0 N–H and O–H groups in total. The van der Waals surface area contributed by atoms with E-state index < -0.39 is 14.5 Å². The van der Waals surface area contributed by atoms with Gasteiger partial charge < -0.3 is 9.47 Å². The van der Waals surface area contributed by atoms with Crippen molar-refractivity contribution in [1.29, 1.82) is 0 Å². The van der Waals surface area contributed by atoms with Crippen molar-refractivity contribution in [3.05, 3.63) is 0 Å². The van der Waals surface area contributed by atoms with Crippen molar-refractivity contribution in [3.63, 3.8) is 0 Å². The van der Waals surface area contributed by atoms with Crippen LogP contribution < -0.4 is 0 Å². The first-order valence-corrected chi connectivity index (χ1v) is 5.61. The Morgan fingerprint density at radius 2 is 2.18 bits per heavy atom. The third kappa shape index (κ3) is 2.94. The highest BCUT2D eigenvalue weighted by Gasteiger charge is 2.24. The van der Waals surface area contributed by atoms with Crippen molar-refractivity contribution in [2.45, 2.75) is 18.3 Å². The van der Waals surface area contributed by atoms with Crippen molar-refractivity contribution in [3.8, 4) is 0 Å². The van der Waals surface area contributed by atoms with Gasteiger partial charge in [0, 0.05) is 17.3 Å². The van der Waals surface area contributed by atoms with Crippen LogP contribution in [0.5, 0.6) is 0 Å². The van der Waals surface area contributed by atoms with Gasteiger partial charge in [-0.15, -0.1) is 0 Å². The molecular weight excluding hydrogens is 192 g/mol. The smallest absolute Gasteiger partial charge is 0.259 e. The molecule has 1 rings (SSSR count). The Kier molecular flexibility index (Phi) is 3.12. The second-order valence-corrected chi connectivity index (χ2v) is 5.01. The van der Waals surface area contributed by atoms with E-state index in [0.717, 1.165) is 0 Å². The molecule has 4 nitrogen and oxygen atoms in total. The number of halogens is 1. The molecule has 6 heteroatoms. The fourth-order valence-corrected chi connectivity index (χ4v) is 1.93. The van der Waals surface area contributed by atoms with E-state index in [1.165, 1.54) is 0 Å². The lowest BCUT2D eigenvalue weighted by atomic mass is 10.3. The molecule has 1 aliphatic heterocycles. The van der Waals surface area contributed by atoms with E-state index in [9.17, 15) is 8.42 Å². The van der Waals surface area contributed by atoms with Crippen LogP contribution in [0, 0.1) is 0 Å². The fraction of sp³-hybridized carbons (Fsp3) is 1.00. The Bertz CT molecular complexity index is 205. The molecule has 0 aromatic carbocycles. The summed E-state index contributed by atoms with van der Waals surface area (Å²) in [7, 11) is 1.50. The molecule has 0 spiro atoms.